The number of benzene rings is 1. The van der Waals surface area contributed by atoms with Gasteiger partial charge in [0.2, 0.25) is 10.0 Å². The smallest absolute Gasteiger partial charge is 0.289 e. The van der Waals surface area contributed by atoms with Crippen molar-refractivity contribution in [2.75, 3.05) is 13.1 Å². The predicted molar refractivity (Wildman–Crippen MR) is 120 cm³/mol. The molecular formula is C19H25ClN4O5S2. The Morgan fingerprint density at radius 2 is 1.97 bits per heavy atom. The summed E-state index contributed by atoms with van der Waals surface area (Å²) in [6, 6.07) is 3.39. The molecule has 0 atom stereocenters. The fourth-order valence-electron chi connectivity index (χ4n) is 2.62. The molecule has 0 radical (unpaired) electrons. The van der Waals surface area contributed by atoms with Gasteiger partial charge in [-0.25, -0.2) is 13.4 Å². The lowest BCUT2D eigenvalue weighted by atomic mass is 10.2. The van der Waals surface area contributed by atoms with Crippen LogP contribution in [0.25, 0.3) is 0 Å². The summed E-state index contributed by atoms with van der Waals surface area (Å²) in [5.41, 5.74) is -0.254. The number of hydrogen-bond donors (Lipinski definition) is 1. The summed E-state index contributed by atoms with van der Waals surface area (Å²) in [7, 11) is -4.06. The van der Waals surface area contributed by atoms with Gasteiger partial charge in [-0.3, -0.25) is 14.9 Å². The molecule has 0 saturated heterocycles. The molecule has 1 aromatic heterocycles. The molecule has 1 aromatic carbocycles. The Morgan fingerprint density at radius 3 is 2.55 bits per heavy atom. The maximum Gasteiger partial charge on any atom is 0.289 e. The number of carbonyl (C=O) groups is 1. The van der Waals surface area contributed by atoms with E-state index in [2.05, 4.69) is 10.3 Å². The van der Waals surface area contributed by atoms with Gasteiger partial charge in [-0.2, -0.15) is 4.31 Å². The Morgan fingerprint density at radius 1 is 1.29 bits per heavy atom. The van der Waals surface area contributed by atoms with Gasteiger partial charge in [0.25, 0.3) is 11.6 Å². The molecule has 0 unspecified atom stereocenters. The Bertz CT molecular complexity index is 1050. The molecule has 1 N–H and O–H groups in total. The van der Waals surface area contributed by atoms with E-state index in [0.29, 0.717) is 11.6 Å². The first-order valence-corrected chi connectivity index (χ1v) is 12.3. The van der Waals surface area contributed by atoms with E-state index in [9.17, 15) is 23.3 Å². The number of aromatic nitrogens is 1. The average molecular weight is 489 g/mol. The summed E-state index contributed by atoms with van der Waals surface area (Å²) in [5, 5.41) is 15.8. The Kier molecular flexibility index (Phi) is 8.52. The van der Waals surface area contributed by atoms with Crippen LogP contribution in [0.3, 0.4) is 0 Å². The molecule has 2 aromatic rings. The highest BCUT2D eigenvalue weighted by Crippen LogP contribution is 2.29. The van der Waals surface area contributed by atoms with Crippen LogP contribution < -0.4 is 5.32 Å². The number of sulfonamides is 1. The molecule has 2 rings (SSSR count). The molecule has 0 saturated carbocycles. The maximum absolute atomic E-state index is 13.2. The summed E-state index contributed by atoms with van der Waals surface area (Å²) in [6.45, 7) is 8.30. The standard InChI is InChI=1S/C19H25ClN4O5S2/c1-12(2)8-21-19(25)16-11-30-18(22-16)10-23(9-13(3)4)31(28,29)14-5-6-15(20)17(7-14)24(26)27/h5-7,11-13H,8-10H2,1-4H3,(H,21,25). The van der Waals surface area contributed by atoms with Crippen molar-refractivity contribution in [1.29, 1.82) is 0 Å². The number of nitro groups is 1. The first-order chi connectivity index (χ1) is 14.4. The number of nitrogens with zero attached hydrogens (tertiary/aromatic N) is 3. The number of thiazole rings is 1. The van der Waals surface area contributed by atoms with Crippen molar-refractivity contribution in [2.45, 2.75) is 39.1 Å². The molecule has 9 nitrogen and oxygen atoms in total. The van der Waals surface area contributed by atoms with E-state index in [1.807, 2.05) is 27.7 Å². The monoisotopic (exact) mass is 488 g/mol. The van der Waals surface area contributed by atoms with Gasteiger partial charge in [0.05, 0.1) is 16.4 Å². The van der Waals surface area contributed by atoms with Gasteiger partial charge < -0.3 is 5.32 Å². The van der Waals surface area contributed by atoms with Crippen LogP contribution in [-0.2, 0) is 16.6 Å². The lowest BCUT2D eigenvalue weighted by Gasteiger charge is -2.23. The van der Waals surface area contributed by atoms with Crippen LogP contribution in [0.2, 0.25) is 5.02 Å². The van der Waals surface area contributed by atoms with Crippen LogP contribution in [0.4, 0.5) is 5.69 Å². The largest absolute Gasteiger partial charge is 0.350 e. The zero-order valence-electron chi connectivity index (χ0n) is 17.7. The first-order valence-electron chi connectivity index (χ1n) is 9.58. The third-order valence-electron chi connectivity index (χ3n) is 4.09. The minimum absolute atomic E-state index is 0.00849. The fraction of sp³-hybridized carbons (Fsp3) is 0.474. The highest BCUT2D eigenvalue weighted by atomic mass is 35.5. The summed E-state index contributed by atoms with van der Waals surface area (Å²) >= 11 is 7.00. The number of amides is 1. The molecule has 31 heavy (non-hydrogen) atoms. The van der Waals surface area contributed by atoms with E-state index in [-0.39, 0.29) is 46.4 Å². The van der Waals surface area contributed by atoms with E-state index in [4.69, 9.17) is 11.6 Å². The first kappa shape index (κ1) is 25.2. The molecule has 170 valence electrons. The van der Waals surface area contributed by atoms with E-state index >= 15 is 0 Å². The van der Waals surface area contributed by atoms with Crippen LogP contribution in [0.5, 0.6) is 0 Å². The van der Waals surface area contributed by atoms with E-state index in [1.54, 1.807) is 5.38 Å². The zero-order valence-corrected chi connectivity index (χ0v) is 20.1. The summed E-state index contributed by atoms with van der Waals surface area (Å²) in [6.07, 6.45) is 0. The Balaban J connectivity index is 2.31. The molecule has 0 bridgehead atoms. The van der Waals surface area contributed by atoms with Crippen molar-refractivity contribution in [1.82, 2.24) is 14.6 Å². The predicted octanol–water partition coefficient (Wildman–Crippen LogP) is 3.94. The van der Waals surface area contributed by atoms with Crippen LogP contribution in [-0.4, -0.2) is 41.6 Å². The van der Waals surface area contributed by atoms with E-state index in [1.165, 1.54) is 27.8 Å². The number of nitrogens with one attached hydrogen (secondary N) is 1. The Labute approximate surface area is 190 Å². The molecule has 0 aliphatic carbocycles. The minimum Gasteiger partial charge on any atom is -0.350 e. The second kappa shape index (κ2) is 10.5. The fourth-order valence-corrected chi connectivity index (χ4v) is 5.27. The molecule has 0 fully saturated rings. The van der Waals surface area contributed by atoms with Crippen molar-refractivity contribution in [3.8, 4) is 0 Å². The lowest BCUT2D eigenvalue weighted by molar-refractivity contribution is -0.384. The Hall–Kier alpha value is -2.08. The molecule has 1 amide bonds. The van der Waals surface area contributed by atoms with Gasteiger partial charge in [0.15, 0.2) is 0 Å². The van der Waals surface area contributed by atoms with Crippen LogP contribution >= 0.6 is 22.9 Å². The van der Waals surface area contributed by atoms with Crippen LogP contribution in [0, 0.1) is 22.0 Å². The van der Waals surface area contributed by atoms with Gasteiger partial charge >= 0.3 is 0 Å². The third-order valence-corrected chi connectivity index (χ3v) is 7.05. The topological polar surface area (TPSA) is 123 Å². The molecule has 0 spiro atoms. The van der Waals surface area contributed by atoms with Gasteiger partial charge in [0, 0.05) is 24.5 Å². The number of nitro benzene ring substituents is 1. The van der Waals surface area contributed by atoms with Crippen LogP contribution in [0.15, 0.2) is 28.5 Å². The minimum atomic E-state index is -4.06. The maximum atomic E-state index is 13.2. The summed E-state index contributed by atoms with van der Waals surface area (Å²) < 4.78 is 27.7. The normalized spacial score (nSPS) is 12.0. The second-order valence-electron chi connectivity index (χ2n) is 7.79. The molecular weight excluding hydrogens is 464 g/mol. The lowest BCUT2D eigenvalue weighted by Crippen LogP contribution is -2.34. The van der Waals surface area contributed by atoms with E-state index in [0.717, 1.165) is 6.07 Å². The van der Waals surface area contributed by atoms with Crippen molar-refractivity contribution in [2.24, 2.45) is 11.8 Å². The highest BCUT2D eigenvalue weighted by Gasteiger charge is 2.29. The quantitative estimate of drug-likeness (QED) is 0.399. The van der Waals surface area contributed by atoms with Crippen molar-refractivity contribution >= 4 is 44.6 Å². The van der Waals surface area contributed by atoms with Crippen molar-refractivity contribution in [3.05, 3.63) is 49.4 Å². The van der Waals surface area contributed by atoms with Crippen LogP contribution in [0.1, 0.15) is 43.2 Å². The molecule has 0 aliphatic heterocycles. The third kappa shape index (κ3) is 6.70. The number of rotatable bonds is 10. The molecule has 12 heteroatoms. The summed E-state index contributed by atoms with van der Waals surface area (Å²) in [5.74, 6) is -0.0363. The summed E-state index contributed by atoms with van der Waals surface area (Å²) in [4.78, 5) is 26.7. The highest BCUT2D eigenvalue weighted by molar-refractivity contribution is 7.89. The van der Waals surface area contributed by atoms with Gasteiger partial charge in [-0.1, -0.05) is 39.3 Å². The number of hydrogen-bond acceptors (Lipinski definition) is 7. The van der Waals surface area contributed by atoms with Gasteiger partial charge in [0.1, 0.15) is 15.7 Å². The average Bonchev–Trinajstić information content (AvgIpc) is 3.13. The molecule has 0 aliphatic rings. The molecule has 1 heterocycles. The van der Waals surface area contributed by atoms with Crippen molar-refractivity contribution in [3.63, 3.8) is 0 Å². The van der Waals surface area contributed by atoms with E-state index < -0.39 is 20.6 Å². The zero-order chi connectivity index (χ0) is 23.3. The number of halogens is 1. The van der Waals surface area contributed by atoms with Gasteiger partial charge in [-0.05, 0) is 24.0 Å². The van der Waals surface area contributed by atoms with Gasteiger partial charge in [-0.15, -0.1) is 11.3 Å². The number of carbonyl (C=O) groups excluding carboxylic acids is 1. The SMILES string of the molecule is CC(C)CNC(=O)c1csc(CN(CC(C)C)S(=O)(=O)c2ccc(Cl)c([N+](=O)[O-])c2)n1. The second-order valence-corrected chi connectivity index (χ2v) is 11.1. The van der Waals surface area contributed by atoms with Crippen molar-refractivity contribution < 1.29 is 18.1 Å².